The molecule has 0 aliphatic heterocycles. The second-order valence-corrected chi connectivity index (χ2v) is 5.46. The van der Waals surface area contributed by atoms with Crippen molar-refractivity contribution in [1.29, 1.82) is 0 Å². The van der Waals surface area contributed by atoms with Crippen LogP contribution in [0.1, 0.15) is 17.4 Å². The molecule has 5 heteroatoms. The molecule has 0 spiro atoms. The van der Waals surface area contributed by atoms with E-state index in [1.54, 1.807) is 24.5 Å². The lowest BCUT2D eigenvalue weighted by molar-refractivity contribution is -0.121. The standard InChI is InChI=1S/C15H17N3OS/c1-11-5-7-13(8-6-11)17-12(2)15(19)18-16-10-14-4-3-9-20-14/h3-10,12,17H,1-2H3,(H,18,19). The number of benzene rings is 1. The van der Waals surface area contributed by atoms with Crippen LogP contribution >= 0.6 is 11.3 Å². The van der Waals surface area contributed by atoms with Crippen molar-refractivity contribution >= 4 is 29.1 Å². The summed E-state index contributed by atoms with van der Waals surface area (Å²) < 4.78 is 0. The van der Waals surface area contributed by atoms with Gasteiger partial charge in [0.25, 0.3) is 5.91 Å². The van der Waals surface area contributed by atoms with Gasteiger partial charge in [0.1, 0.15) is 6.04 Å². The van der Waals surface area contributed by atoms with Gasteiger partial charge in [-0.25, -0.2) is 5.43 Å². The van der Waals surface area contributed by atoms with Gasteiger partial charge in [-0.3, -0.25) is 4.79 Å². The number of aryl methyl sites for hydroxylation is 1. The molecule has 2 rings (SSSR count). The minimum atomic E-state index is -0.349. The number of thiophene rings is 1. The van der Waals surface area contributed by atoms with Crippen LogP contribution in [0.4, 0.5) is 5.69 Å². The fourth-order valence-electron chi connectivity index (χ4n) is 1.59. The summed E-state index contributed by atoms with van der Waals surface area (Å²) in [6.07, 6.45) is 1.64. The molecule has 0 saturated carbocycles. The number of nitrogens with zero attached hydrogens (tertiary/aromatic N) is 1. The van der Waals surface area contributed by atoms with Gasteiger partial charge in [-0.2, -0.15) is 5.10 Å². The van der Waals surface area contributed by atoms with Crippen molar-refractivity contribution in [3.63, 3.8) is 0 Å². The molecule has 0 bridgehead atoms. The summed E-state index contributed by atoms with van der Waals surface area (Å²) in [5.41, 5.74) is 4.63. The predicted octanol–water partition coefficient (Wildman–Crippen LogP) is 3.01. The highest BCUT2D eigenvalue weighted by atomic mass is 32.1. The van der Waals surface area contributed by atoms with Crippen LogP contribution in [0, 0.1) is 6.92 Å². The van der Waals surface area contributed by atoms with E-state index in [4.69, 9.17) is 0 Å². The summed E-state index contributed by atoms with van der Waals surface area (Å²) in [6, 6.07) is 11.4. The first kappa shape index (κ1) is 14.3. The molecule has 2 aromatic rings. The average Bonchev–Trinajstić information content (AvgIpc) is 2.94. The Morgan fingerprint density at radius 1 is 1.30 bits per heavy atom. The van der Waals surface area contributed by atoms with Crippen molar-refractivity contribution in [1.82, 2.24) is 5.43 Å². The van der Waals surface area contributed by atoms with E-state index in [1.165, 1.54) is 5.56 Å². The first-order valence-electron chi connectivity index (χ1n) is 6.35. The second kappa shape index (κ2) is 6.86. The first-order valence-corrected chi connectivity index (χ1v) is 7.23. The highest BCUT2D eigenvalue weighted by Crippen LogP contribution is 2.10. The van der Waals surface area contributed by atoms with Crippen molar-refractivity contribution in [3.8, 4) is 0 Å². The van der Waals surface area contributed by atoms with Crippen LogP contribution < -0.4 is 10.7 Å². The molecule has 20 heavy (non-hydrogen) atoms. The number of carbonyl (C=O) groups excluding carboxylic acids is 1. The number of nitrogens with one attached hydrogen (secondary N) is 2. The topological polar surface area (TPSA) is 53.5 Å². The van der Waals surface area contributed by atoms with E-state index in [0.29, 0.717) is 0 Å². The fourth-order valence-corrected chi connectivity index (χ4v) is 2.17. The summed E-state index contributed by atoms with van der Waals surface area (Å²) >= 11 is 1.57. The minimum absolute atomic E-state index is 0.168. The van der Waals surface area contributed by atoms with Crippen LogP contribution in [-0.4, -0.2) is 18.2 Å². The third-order valence-electron chi connectivity index (χ3n) is 2.74. The molecule has 0 radical (unpaired) electrons. The summed E-state index contributed by atoms with van der Waals surface area (Å²) in [5.74, 6) is -0.168. The maximum absolute atomic E-state index is 11.9. The van der Waals surface area contributed by atoms with Gasteiger partial charge in [-0.1, -0.05) is 23.8 Å². The summed E-state index contributed by atoms with van der Waals surface area (Å²) in [4.78, 5) is 12.9. The lowest BCUT2D eigenvalue weighted by Gasteiger charge is -2.13. The van der Waals surface area contributed by atoms with Crippen LogP contribution in [0.2, 0.25) is 0 Å². The largest absolute Gasteiger partial charge is 0.374 e. The van der Waals surface area contributed by atoms with Crippen molar-refractivity contribution in [2.24, 2.45) is 5.10 Å². The number of rotatable bonds is 5. The third-order valence-corrected chi connectivity index (χ3v) is 3.54. The van der Waals surface area contributed by atoms with Crippen LogP contribution in [0.25, 0.3) is 0 Å². The Bertz CT molecular complexity index is 576. The van der Waals surface area contributed by atoms with Gasteiger partial charge in [0.15, 0.2) is 0 Å². The molecule has 0 saturated heterocycles. The molecular weight excluding hydrogens is 270 g/mol. The summed E-state index contributed by atoms with van der Waals surface area (Å²) in [6.45, 7) is 3.83. The van der Waals surface area contributed by atoms with Gasteiger partial charge in [0.05, 0.1) is 6.21 Å². The van der Waals surface area contributed by atoms with E-state index in [-0.39, 0.29) is 11.9 Å². The van der Waals surface area contributed by atoms with Crippen molar-refractivity contribution in [3.05, 3.63) is 52.2 Å². The minimum Gasteiger partial charge on any atom is -0.374 e. The van der Waals surface area contributed by atoms with Crippen molar-refractivity contribution < 1.29 is 4.79 Å². The third kappa shape index (κ3) is 4.20. The van der Waals surface area contributed by atoms with E-state index < -0.39 is 0 Å². The molecule has 1 unspecified atom stereocenters. The summed E-state index contributed by atoms with van der Waals surface area (Å²) in [5, 5.41) is 9.03. The molecule has 1 amide bonds. The maximum atomic E-state index is 11.9. The van der Waals surface area contributed by atoms with E-state index in [1.807, 2.05) is 48.7 Å². The molecule has 0 fully saturated rings. The number of anilines is 1. The van der Waals surface area contributed by atoms with Gasteiger partial charge in [0, 0.05) is 10.6 Å². The normalized spacial score (nSPS) is 12.3. The van der Waals surface area contributed by atoms with E-state index in [9.17, 15) is 4.79 Å². The Kier molecular flexibility index (Phi) is 4.90. The number of hydrogen-bond acceptors (Lipinski definition) is 4. The van der Waals surface area contributed by atoms with Crippen LogP contribution in [-0.2, 0) is 4.79 Å². The van der Waals surface area contributed by atoms with Gasteiger partial charge in [-0.15, -0.1) is 11.3 Å². The molecule has 0 aliphatic rings. The maximum Gasteiger partial charge on any atom is 0.262 e. The van der Waals surface area contributed by atoms with Crippen LogP contribution in [0.15, 0.2) is 46.9 Å². The van der Waals surface area contributed by atoms with Crippen molar-refractivity contribution in [2.45, 2.75) is 19.9 Å². The lowest BCUT2D eigenvalue weighted by Crippen LogP contribution is -2.34. The highest BCUT2D eigenvalue weighted by molar-refractivity contribution is 7.11. The Balaban J connectivity index is 1.84. The number of amides is 1. The zero-order chi connectivity index (χ0) is 14.4. The SMILES string of the molecule is Cc1ccc(NC(C)C(=O)NN=Cc2cccs2)cc1. The zero-order valence-corrected chi connectivity index (χ0v) is 12.3. The average molecular weight is 287 g/mol. The van der Waals surface area contributed by atoms with E-state index in [0.717, 1.165) is 10.6 Å². The molecule has 2 N–H and O–H groups in total. The molecule has 0 aliphatic carbocycles. The van der Waals surface area contributed by atoms with Crippen molar-refractivity contribution in [2.75, 3.05) is 5.32 Å². The molecular formula is C15H17N3OS. The number of hydrogen-bond donors (Lipinski definition) is 2. The monoisotopic (exact) mass is 287 g/mol. The van der Waals surface area contributed by atoms with Crippen LogP contribution in [0.3, 0.4) is 0 Å². The Labute approximate surface area is 122 Å². The number of hydrazone groups is 1. The van der Waals surface area contributed by atoms with Gasteiger partial charge in [0.2, 0.25) is 0 Å². The van der Waals surface area contributed by atoms with Gasteiger partial charge in [-0.05, 0) is 37.4 Å². The molecule has 4 nitrogen and oxygen atoms in total. The van der Waals surface area contributed by atoms with Gasteiger partial charge < -0.3 is 5.32 Å². The Morgan fingerprint density at radius 3 is 2.70 bits per heavy atom. The molecule has 104 valence electrons. The molecule has 1 atom stereocenters. The molecule has 1 heterocycles. The van der Waals surface area contributed by atoms with Crippen LogP contribution in [0.5, 0.6) is 0 Å². The van der Waals surface area contributed by atoms with E-state index >= 15 is 0 Å². The van der Waals surface area contributed by atoms with Gasteiger partial charge >= 0.3 is 0 Å². The van der Waals surface area contributed by atoms with E-state index in [2.05, 4.69) is 15.8 Å². The number of carbonyl (C=O) groups is 1. The zero-order valence-electron chi connectivity index (χ0n) is 11.5. The predicted molar refractivity (Wildman–Crippen MR) is 84.3 cm³/mol. The Hall–Kier alpha value is -2.14. The molecule has 1 aromatic carbocycles. The Morgan fingerprint density at radius 2 is 2.05 bits per heavy atom. The fraction of sp³-hybridized carbons (Fsp3) is 0.200. The highest BCUT2D eigenvalue weighted by Gasteiger charge is 2.11. The first-order chi connectivity index (χ1) is 9.65. The second-order valence-electron chi connectivity index (χ2n) is 4.48. The lowest BCUT2D eigenvalue weighted by atomic mass is 10.2. The summed E-state index contributed by atoms with van der Waals surface area (Å²) in [7, 11) is 0. The quantitative estimate of drug-likeness (QED) is 0.656. The smallest absolute Gasteiger partial charge is 0.262 e. The molecule has 1 aromatic heterocycles.